The molecular weight excluding hydrogens is 588 g/mol. The molecule has 2 aliphatic rings. The molecule has 0 aliphatic carbocycles. The van der Waals surface area contributed by atoms with E-state index < -0.39 is 13.1 Å². The molecule has 0 saturated carbocycles. The molecule has 0 unspecified atom stereocenters. The van der Waals surface area contributed by atoms with Gasteiger partial charge in [-0.25, -0.2) is 14.4 Å². The molecule has 7 nitrogen and oxygen atoms in total. The number of aromatic nitrogens is 2. The summed E-state index contributed by atoms with van der Waals surface area (Å²) in [6.45, 7) is 1.79. The number of amides is 1. The molecule has 182 valence electrons. The number of benzene rings is 3. The summed E-state index contributed by atoms with van der Waals surface area (Å²) in [7, 11) is -3.89. The summed E-state index contributed by atoms with van der Waals surface area (Å²) >= 11 is 16.0. The van der Waals surface area contributed by atoms with E-state index in [1.54, 1.807) is 54.0 Å². The summed E-state index contributed by atoms with van der Waals surface area (Å²) < 4.78 is 28.3. The molecule has 36 heavy (non-hydrogen) atoms. The Morgan fingerprint density at radius 1 is 1.00 bits per heavy atom. The molecule has 0 fully saturated rings. The Kier molecular flexibility index (Phi) is 5.50. The van der Waals surface area contributed by atoms with Crippen LogP contribution in [0.25, 0.3) is 0 Å². The second kappa shape index (κ2) is 8.38. The van der Waals surface area contributed by atoms with Crippen LogP contribution in [0.5, 0.6) is 11.5 Å². The number of hydrogen-bond acceptors (Lipinski definition) is 5. The number of fused-ring (bicyclic) bond motifs is 2. The van der Waals surface area contributed by atoms with Gasteiger partial charge in [0.1, 0.15) is 5.54 Å². The normalized spacial score (nSPS) is 19.6. The standard InChI is InChI=1S/C25H17BrCl2N3O4P/c1-25(13-15-6-8-16(26)9-7-15)23(32)30(19-11-17(27)10-18(28)12-19)24-29-14-22(31(24)25)36(33)34-20-4-2-3-5-21(20)35-36/h2-12,14H,13H2,1H3/t25-/m1/s1. The second-order valence-corrected chi connectivity index (χ2v) is 12.3. The van der Waals surface area contributed by atoms with Crippen molar-refractivity contribution in [1.29, 1.82) is 0 Å². The van der Waals surface area contributed by atoms with E-state index in [0.717, 1.165) is 10.0 Å². The molecule has 0 bridgehead atoms. The van der Waals surface area contributed by atoms with Crippen LogP contribution in [-0.4, -0.2) is 15.5 Å². The smallest absolute Gasteiger partial charge is 0.408 e. The number of para-hydroxylation sites is 2. The predicted molar refractivity (Wildman–Crippen MR) is 142 cm³/mol. The summed E-state index contributed by atoms with van der Waals surface area (Å²) in [5, 5.41) is 0.742. The minimum Gasteiger partial charge on any atom is -0.408 e. The van der Waals surface area contributed by atoms with Crippen LogP contribution in [-0.2, 0) is 21.3 Å². The first-order chi connectivity index (χ1) is 17.2. The molecule has 4 aromatic rings. The fourth-order valence-corrected chi connectivity index (χ4v) is 7.19. The third kappa shape index (κ3) is 3.67. The van der Waals surface area contributed by atoms with E-state index in [0.29, 0.717) is 33.7 Å². The van der Waals surface area contributed by atoms with E-state index in [1.165, 1.54) is 11.1 Å². The Labute approximate surface area is 225 Å². The van der Waals surface area contributed by atoms with Crippen molar-refractivity contribution in [2.75, 3.05) is 4.90 Å². The SMILES string of the molecule is C[C@@]1(Cc2ccc(Br)cc2)C(=O)N(c2cc(Cl)cc(Cl)c2)c2ncc(P3(=O)Oc4ccccc4O3)n21. The van der Waals surface area contributed by atoms with Crippen molar-refractivity contribution in [1.82, 2.24) is 9.55 Å². The molecule has 3 heterocycles. The zero-order chi connectivity index (χ0) is 25.2. The Balaban J connectivity index is 1.53. The molecule has 0 spiro atoms. The van der Waals surface area contributed by atoms with E-state index >= 15 is 0 Å². The first-order valence-electron chi connectivity index (χ1n) is 10.9. The number of hydrogen-bond donors (Lipinski definition) is 0. The van der Waals surface area contributed by atoms with E-state index in [9.17, 15) is 9.36 Å². The van der Waals surface area contributed by atoms with Gasteiger partial charge in [0.05, 0.1) is 11.9 Å². The lowest BCUT2D eigenvalue weighted by Crippen LogP contribution is -2.44. The van der Waals surface area contributed by atoms with Crippen molar-refractivity contribution in [3.05, 3.63) is 93.0 Å². The van der Waals surface area contributed by atoms with Crippen molar-refractivity contribution in [2.24, 2.45) is 0 Å². The maximum atomic E-state index is 14.1. The average molecular weight is 605 g/mol. The highest BCUT2D eigenvalue weighted by molar-refractivity contribution is 9.10. The quantitative estimate of drug-likeness (QED) is 0.237. The van der Waals surface area contributed by atoms with Crippen molar-refractivity contribution in [2.45, 2.75) is 18.9 Å². The van der Waals surface area contributed by atoms with Gasteiger partial charge < -0.3 is 9.05 Å². The van der Waals surface area contributed by atoms with Gasteiger partial charge in [-0.15, -0.1) is 0 Å². The van der Waals surface area contributed by atoms with E-state index in [2.05, 4.69) is 20.9 Å². The van der Waals surface area contributed by atoms with Crippen LogP contribution < -0.4 is 19.4 Å². The first kappa shape index (κ1) is 23.6. The van der Waals surface area contributed by atoms with Gasteiger partial charge in [-0.05, 0) is 55.0 Å². The summed E-state index contributed by atoms with van der Waals surface area (Å²) in [5.74, 6) is 0.727. The molecule has 6 rings (SSSR count). The molecule has 1 aromatic heterocycles. The molecule has 0 saturated heterocycles. The topological polar surface area (TPSA) is 73.7 Å². The monoisotopic (exact) mass is 603 g/mol. The molecule has 11 heteroatoms. The zero-order valence-corrected chi connectivity index (χ0v) is 22.7. The fraction of sp³-hybridized carbons (Fsp3) is 0.120. The third-order valence-electron chi connectivity index (χ3n) is 6.22. The number of anilines is 2. The van der Waals surface area contributed by atoms with Gasteiger partial charge in [-0.2, -0.15) is 0 Å². The van der Waals surface area contributed by atoms with Gasteiger partial charge in [-0.1, -0.05) is 63.4 Å². The Hall–Kier alpha value is -2.77. The maximum Gasteiger partial charge on any atom is 0.481 e. The molecular formula is C25H17BrCl2N3O4P. The van der Waals surface area contributed by atoms with Gasteiger partial charge in [0.25, 0.3) is 5.91 Å². The maximum absolute atomic E-state index is 14.1. The van der Waals surface area contributed by atoms with E-state index in [-0.39, 0.29) is 17.3 Å². The van der Waals surface area contributed by atoms with Crippen LogP contribution in [0, 0.1) is 0 Å². The minimum atomic E-state index is -3.89. The Morgan fingerprint density at radius 2 is 1.61 bits per heavy atom. The van der Waals surface area contributed by atoms with Gasteiger partial charge in [-0.3, -0.25) is 9.36 Å². The van der Waals surface area contributed by atoms with Crippen LogP contribution in [0.1, 0.15) is 12.5 Å². The first-order valence-corrected chi connectivity index (χ1v) is 14.0. The predicted octanol–water partition coefficient (Wildman–Crippen LogP) is 6.88. The second-order valence-electron chi connectivity index (χ2n) is 8.72. The van der Waals surface area contributed by atoms with Crippen LogP contribution >= 0.6 is 46.7 Å². The number of carbonyl (C=O) groups excluding carboxylic acids is 1. The van der Waals surface area contributed by atoms with E-state index in [4.69, 9.17) is 32.2 Å². The van der Waals surface area contributed by atoms with Gasteiger partial charge >= 0.3 is 7.60 Å². The molecule has 0 radical (unpaired) electrons. The lowest BCUT2D eigenvalue weighted by molar-refractivity contribution is -0.123. The van der Waals surface area contributed by atoms with Crippen molar-refractivity contribution in [3.8, 4) is 11.5 Å². The highest BCUT2D eigenvalue weighted by Gasteiger charge is 2.55. The zero-order valence-electron chi connectivity index (χ0n) is 18.7. The summed E-state index contributed by atoms with van der Waals surface area (Å²) in [4.78, 5) is 20.1. The highest BCUT2D eigenvalue weighted by Crippen LogP contribution is 2.58. The van der Waals surface area contributed by atoms with Crippen molar-refractivity contribution >= 4 is 69.7 Å². The van der Waals surface area contributed by atoms with Crippen molar-refractivity contribution in [3.63, 3.8) is 0 Å². The van der Waals surface area contributed by atoms with Crippen LogP contribution in [0.4, 0.5) is 11.6 Å². The van der Waals surface area contributed by atoms with Gasteiger partial charge in [0.2, 0.25) is 5.95 Å². The van der Waals surface area contributed by atoms with Crippen LogP contribution in [0.2, 0.25) is 10.0 Å². The summed E-state index contributed by atoms with van der Waals surface area (Å²) in [5.41, 5.74) is 0.325. The van der Waals surface area contributed by atoms with Gasteiger partial charge in [0, 0.05) is 20.9 Å². The lowest BCUT2D eigenvalue weighted by Gasteiger charge is -2.27. The number of carbonyl (C=O) groups is 1. The van der Waals surface area contributed by atoms with Crippen LogP contribution in [0.15, 0.2) is 77.4 Å². The number of halogens is 3. The lowest BCUT2D eigenvalue weighted by atomic mass is 9.92. The minimum absolute atomic E-state index is 0.178. The number of rotatable bonds is 4. The van der Waals surface area contributed by atoms with Crippen LogP contribution in [0.3, 0.4) is 0 Å². The van der Waals surface area contributed by atoms with Gasteiger partial charge in [0.15, 0.2) is 16.9 Å². The molecule has 1 amide bonds. The number of nitrogens with zero attached hydrogens (tertiary/aromatic N) is 3. The summed E-state index contributed by atoms with van der Waals surface area (Å²) in [6, 6.07) is 19.4. The van der Waals surface area contributed by atoms with Crippen molar-refractivity contribution < 1.29 is 18.4 Å². The average Bonchev–Trinajstić information content (AvgIpc) is 3.47. The Morgan fingerprint density at radius 3 is 2.22 bits per heavy atom. The molecule has 0 N–H and O–H groups in total. The fourth-order valence-electron chi connectivity index (χ4n) is 4.61. The Bertz CT molecular complexity index is 1540. The highest BCUT2D eigenvalue weighted by atomic mass is 79.9. The van der Waals surface area contributed by atoms with E-state index in [1.807, 2.05) is 24.3 Å². The third-order valence-corrected chi connectivity index (χ3v) is 8.93. The summed E-state index contributed by atoms with van der Waals surface area (Å²) in [6.07, 6.45) is 1.74. The molecule has 2 aliphatic heterocycles. The largest absolute Gasteiger partial charge is 0.481 e. The molecule has 1 atom stereocenters. The molecule has 3 aromatic carbocycles. The number of imidazole rings is 1.